The van der Waals surface area contributed by atoms with E-state index in [0.29, 0.717) is 29.9 Å². The lowest BCUT2D eigenvalue weighted by Crippen LogP contribution is -2.43. The van der Waals surface area contributed by atoms with Crippen LogP contribution < -0.4 is 8.61 Å². The van der Waals surface area contributed by atoms with Gasteiger partial charge in [0.15, 0.2) is 5.82 Å². The van der Waals surface area contributed by atoms with Gasteiger partial charge in [0.2, 0.25) is 0 Å². The molecule has 6 rings (SSSR count). The van der Waals surface area contributed by atoms with Gasteiger partial charge in [0.25, 0.3) is 5.91 Å². The monoisotopic (exact) mass is 482 g/mol. The van der Waals surface area contributed by atoms with Gasteiger partial charge >= 0.3 is 10.2 Å². The summed E-state index contributed by atoms with van der Waals surface area (Å²) in [6, 6.07) is 13.1. The summed E-state index contributed by atoms with van der Waals surface area (Å²) in [4.78, 5) is 19.8. The molecule has 4 atom stereocenters. The van der Waals surface area contributed by atoms with Gasteiger partial charge in [-0.2, -0.15) is 8.42 Å². The van der Waals surface area contributed by atoms with Crippen LogP contribution in [0.1, 0.15) is 48.7 Å². The molecular formula is C25H27FN4O3S. The zero-order valence-corrected chi connectivity index (χ0v) is 20.0. The minimum atomic E-state index is -3.77. The summed E-state index contributed by atoms with van der Waals surface area (Å²) in [6.45, 7) is 1.64. The van der Waals surface area contributed by atoms with Gasteiger partial charge in [0.1, 0.15) is 5.67 Å². The number of benzene rings is 1. The molecule has 1 aliphatic carbocycles. The molecule has 4 unspecified atom stereocenters. The Hall–Kier alpha value is -2.94. The van der Waals surface area contributed by atoms with Crippen LogP contribution in [0.15, 0.2) is 48.5 Å². The van der Waals surface area contributed by atoms with Gasteiger partial charge < -0.3 is 4.90 Å². The van der Waals surface area contributed by atoms with E-state index in [2.05, 4.69) is 6.08 Å². The lowest BCUT2D eigenvalue weighted by molar-refractivity contribution is 0.0692. The fraction of sp³-hybridized carbons (Fsp3) is 0.440. The molecule has 1 amide bonds. The zero-order chi connectivity index (χ0) is 23.8. The normalized spacial score (nSPS) is 30.9. The molecule has 4 heterocycles. The number of fused-ring (bicyclic) bond motifs is 3. The van der Waals surface area contributed by atoms with Gasteiger partial charge in [-0.3, -0.25) is 4.79 Å². The van der Waals surface area contributed by atoms with Crippen molar-refractivity contribution in [2.45, 2.75) is 50.4 Å². The summed E-state index contributed by atoms with van der Waals surface area (Å²) in [7, 11) is -2.28. The average molecular weight is 483 g/mol. The van der Waals surface area contributed by atoms with Gasteiger partial charge in [0, 0.05) is 31.1 Å². The van der Waals surface area contributed by atoms with Crippen molar-refractivity contribution in [3.05, 3.63) is 59.8 Å². The molecule has 0 radical (unpaired) electrons. The first-order valence-electron chi connectivity index (χ1n) is 11.7. The second kappa shape index (κ2) is 7.28. The molecule has 1 saturated heterocycles. The highest BCUT2D eigenvalue weighted by molar-refractivity contribution is 7.94. The fourth-order valence-corrected chi connectivity index (χ4v) is 6.97. The number of hydrogen-bond acceptors (Lipinski definition) is 4. The van der Waals surface area contributed by atoms with Gasteiger partial charge in [-0.15, -0.1) is 0 Å². The molecule has 178 valence electrons. The quantitative estimate of drug-likeness (QED) is 0.665. The first-order chi connectivity index (χ1) is 16.2. The summed E-state index contributed by atoms with van der Waals surface area (Å²) < 4.78 is 42.6. The number of carbonyl (C=O) groups is 1. The van der Waals surface area contributed by atoms with E-state index in [9.17, 15) is 17.6 Å². The van der Waals surface area contributed by atoms with Crippen LogP contribution in [0.25, 0.3) is 5.57 Å². The smallest absolute Gasteiger partial charge is 0.327 e. The number of hydrogen-bond donors (Lipinski definition) is 0. The number of alkyl halides is 1. The summed E-state index contributed by atoms with van der Waals surface area (Å²) in [5, 5.41) is 0. The van der Waals surface area contributed by atoms with Gasteiger partial charge in [-0.25, -0.2) is 18.0 Å². The van der Waals surface area contributed by atoms with Crippen LogP contribution >= 0.6 is 0 Å². The Labute approximate surface area is 199 Å². The van der Waals surface area contributed by atoms with E-state index in [1.807, 2.05) is 41.3 Å². The Kier molecular flexibility index (Phi) is 4.62. The van der Waals surface area contributed by atoms with E-state index in [0.717, 1.165) is 24.1 Å². The number of pyridine rings is 1. The summed E-state index contributed by atoms with van der Waals surface area (Å²) >= 11 is 0. The number of nitrogens with zero attached hydrogens (tertiary/aromatic N) is 4. The third-order valence-electron chi connectivity index (χ3n) is 7.75. The Morgan fingerprint density at radius 2 is 1.91 bits per heavy atom. The second-order valence-electron chi connectivity index (χ2n) is 10.00. The van der Waals surface area contributed by atoms with Crippen molar-refractivity contribution in [3.8, 4) is 0 Å². The van der Waals surface area contributed by atoms with Crippen molar-refractivity contribution < 1.29 is 17.6 Å². The fourth-order valence-electron chi connectivity index (χ4n) is 5.56. The molecule has 2 aromatic rings. The van der Waals surface area contributed by atoms with Crippen LogP contribution in [-0.4, -0.2) is 55.6 Å². The molecule has 1 aromatic heterocycles. The number of anilines is 2. The largest absolute Gasteiger partial charge is 0.329 e. The van der Waals surface area contributed by atoms with Crippen LogP contribution in [0.3, 0.4) is 0 Å². The maximum Gasteiger partial charge on any atom is 0.327 e. The Bertz CT molecular complexity index is 1310. The van der Waals surface area contributed by atoms with Crippen LogP contribution in [-0.2, 0) is 10.2 Å². The van der Waals surface area contributed by atoms with Crippen molar-refractivity contribution in [1.29, 1.82) is 0 Å². The third-order valence-corrected chi connectivity index (χ3v) is 9.52. The number of rotatable bonds is 4. The lowest BCUT2D eigenvalue weighted by atomic mass is 9.97. The van der Waals surface area contributed by atoms with Crippen molar-refractivity contribution >= 4 is 33.2 Å². The highest BCUT2D eigenvalue weighted by atomic mass is 32.2. The van der Waals surface area contributed by atoms with E-state index in [-0.39, 0.29) is 30.5 Å². The summed E-state index contributed by atoms with van der Waals surface area (Å²) in [6.07, 6.45) is 5.00. The Morgan fingerprint density at radius 3 is 2.59 bits per heavy atom. The summed E-state index contributed by atoms with van der Waals surface area (Å²) in [5.74, 6) is 0.118. The molecule has 7 nitrogen and oxygen atoms in total. The molecule has 34 heavy (non-hydrogen) atoms. The average Bonchev–Trinajstić information content (AvgIpc) is 3.28. The van der Waals surface area contributed by atoms with E-state index >= 15 is 0 Å². The molecular weight excluding hydrogens is 455 g/mol. The predicted molar refractivity (Wildman–Crippen MR) is 129 cm³/mol. The maximum absolute atomic E-state index is 14.1. The maximum atomic E-state index is 14.1. The molecule has 0 N–H and O–H groups in total. The summed E-state index contributed by atoms with van der Waals surface area (Å²) in [5.41, 5.74) is 1.65. The van der Waals surface area contributed by atoms with E-state index in [4.69, 9.17) is 4.98 Å². The van der Waals surface area contributed by atoms with Crippen LogP contribution in [0.4, 0.5) is 15.9 Å². The topological polar surface area (TPSA) is 73.8 Å². The molecule has 4 aliphatic rings. The van der Waals surface area contributed by atoms with Crippen LogP contribution in [0.5, 0.6) is 0 Å². The predicted octanol–water partition coefficient (Wildman–Crippen LogP) is 3.79. The highest BCUT2D eigenvalue weighted by Gasteiger charge is 2.54. The first kappa shape index (κ1) is 21.6. The van der Waals surface area contributed by atoms with Crippen molar-refractivity contribution in [2.24, 2.45) is 5.92 Å². The van der Waals surface area contributed by atoms with Crippen molar-refractivity contribution in [2.75, 3.05) is 22.2 Å². The molecule has 0 spiro atoms. The lowest BCUT2D eigenvalue weighted by Gasteiger charge is -2.34. The minimum absolute atomic E-state index is 0.00608. The SMILES string of the molecule is CN1c2nc(C3=CC4CCC(C3)N4C(=O)c3ccccc3)ccc2N(CC2CC2(C)F)S1(=O)=O. The van der Waals surface area contributed by atoms with E-state index < -0.39 is 15.9 Å². The van der Waals surface area contributed by atoms with Crippen LogP contribution in [0.2, 0.25) is 0 Å². The molecule has 2 bridgehead atoms. The number of amides is 1. The van der Waals surface area contributed by atoms with Crippen molar-refractivity contribution in [1.82, 2.24) is 9.88 Å². The second-order valence-corrected chi connectivity index (χ2v) is 11.9. The van der Waals surface area contributed by atoms with E-state index in [1.54, 1.807) is 6.07 Å². The van der Waals surface area contributed by atoms with Gasteiger partial charge in [-0.05, 0) is 62.4 Å². The Balaban J connectivity index is 1.29. The minimum Gasteiger partial charge on any atom is -0.329 e. The Morgan fingerprint density at radius 1 is 1.18 bits per heavy atom. The van der Waals surface area contributed by atoms with E-state index in [1.165, 1.54) is 22.6 Å². The number of aromatic nitrogens is 1. The molecule has 2 fully saturated rings. The molecule has 3 aliphatic heterocycles. The third kappa shape index (κ3) is 3.24. The first-order valence-corrected chi connectivity index (χ1v) is 13.1. The van der Waals surface area contributed by atoms with Gasteiger partial charge in [0.05, 0.1) is 17.4 Å². The van der Waals surface area contributed by atoms with Crippen molar-refractivity contribution in [3.63, 3.8) is 0 Å². The molecule has 1 saturated carbocycles. The number of carbonyl (C=O) groups excluding carboxylic acids is 1. The molecule has 9 heteroatoms. The van der Waals surface area contributed by atoms with Gasteiger partial charge in [-0.1, -0.05) is 24.3 Å². The standard InChI is InChI=1S/C25H27FN4O3S/c1-25(26)14-18(25)15-29-22-11-10-21(27-23(22)28(2)34(29,32)33)17-12-19-8-9-20(13-17)30(19)24(31)16-6-4-3-5-7-16/h3-7,10-12,18-20H,8-9,13-15H2,1-2H3. The molecule has 1 aromatic carbocycles. The van der Waals surface area contributed by atoms with Crippen LogP contribution in [0, 0.1) is 5.92 Å². The number of halogens is 1. The zero-order valence-electron chi connectivity index (χ0n) is 19.2. The highest BCUT2D eigenvalue weighted by Crippen LogP contribution is 2.50.